The Morgan fingerprint density at radius 3 is 2.36 bits per heavy atom. The first-order valence-electron chi connectivity index (χ1n) is 5.80. The summed E-state index contributed by atoms with van der Waals surface area (Å²) >= 11 is -1.02. The van der Waals surface area contributed by atoms with Gasteiger partial charge in [-0.1, -0.05) is 33.1 Å². The van der Waals surface area contributed by atoms with Gasteiger partial charge in [-0.3, -0.25) is 4.18 Å². The van der Waals surface area contributed by atoms with E-state index in [1.54, 1.807) is 0 Å². The van der Waals surface area contributed by atoms with E-state index in [0.717, 1.165) is 32.1 Å². The molecule has 2 nitrogen and oxygen atoms in total. The molecule has 0 bridgehead atoms. The zero-order valence-corrected chi connectivity index (χ0v) is 10.2. The standard InChI is InChI=1S/C11H22O2S/c1-3-5-7-11(8-9-11)14(12)13-10-6-4-2/h3-10H2,1-2H3. The second-order valence-corrected chi connectivity index (χ2v) is 5.77. The molecule has 1 aliphatic carbocycles. The summed E-state index contributed by atoms with van der Waals surface area (Å²) in [5.74, 6) is 0. The Balaban J connectivity index is 2.21. The molecule has 0 radical (unpaired) electrons. The Morgan fingerprint density at radius 2 is 1.86 bits per heavy atom. The summed E-state index contributed by atoms with van der Waals surface area (Å²) in [4.78, 5) is 0. The average Bonchev–Trinajstić information content (AvgIpc) is 2.96. The van der Waals surface area contributed by atoms with Crippen LogP contribution in [0.4, 0.5) is 0 Å². The molecule has 0 aromatic carbocycles. The van der Waals surface area contributed by atoms with E-state index in [4.69, 9.17) is 4.18 Å². The largest absolute Gasteiger partial charge is 0.290 e. The number of hydrogen-bond acceptors (Lipinski definition) is 2. The van der Waals surface area contributed by atoms with Crippen LogP contribution >= 0.6 is 0 Å². The van der Waals surface area contributed by atoms with E-state index < -0.39 is 11.1 Å². The molecule has 14 heavy (non-hydrogen) atoms. The molecule has 84 valence electrons. The topological polar surface area (TPSA) is 26.3 Å². The fourth-order valence-corrected chi connectivity index (χ4v) is 2.81. The molecule has 0 spiro atoms. The van der Waals surface area contributed by atoms with E-state index >= 15 is 0 Å². The van der Waals surface area contributed by atoms with Crippen LogP contribution in [-0.4, -0.2) is 15.6 Å². The third-order valence-electron chi connectivity index (χ3n) is 2.84. The molecule has 0 N–H and O–H groups in total. The lowest BCUT2D eigenvalue weighted by Crippen LogP contribution is -2.19. The Bertz CT molecular complexity index is 188. The highest BCUT2D eigenvalue weighted by molar-refractivity contribution is 7.82. The molecule has 1 saturated carbocycles. The molecule has 0 saturated heterocycles. The van der Waals surface area contributed by atoms with Gasteiger partial charge in [0.15, 0.2) is 11.1 Å². The van der Waals surface area contributed by atoms with Crippen molar-refractivity contribution in [3.05, 3.63) is 0 Å². The van der Waals surface area contributed by atoms with Crippen molar-refractivity contribution in [1.29, 1.82) is 0 Å². The highest BCUT2D eigenvalue weighted by Gasteiger charge is 2.48. The van der Waals surface area contributed by atoms with Crippen LogP contribution in [0.15, 0.2) is 0 Å². The van der Waals surface area contributed by atoms with Gasteiger partial charge in [0.25, 0.3) is 0 Å². The summed E-state index contributed by atoms with van der Waals surface area (Å²) in [6.07, 6.45) is 7.80. The van der Waals surface area contributed by atoms with Crippen molar-refractivity contribution in [2.24, 2.45) is 0 Å². The lowest BCUT2D eigenvalue weighted by molar-refractivity contribution is 0.330. The van der Waals surface area contributed by atoms with E-state index in [1.807, 2.05) is 0 Å². The molecule has 1 aliphatic rings. The van der Waals surface area contributed by atoms with Gasteiger partial charge in [0.2, 0.25) is 0 Å². The van der Waals surface area contributed by atoms with Crippen molar-refractivity contribution in [1.82, 2.24) is 0 Å². The first kappa shape index (κ1) is 12.2. The average molecular weight is 218 g/mol. The molecular weight excluding hydrogens is 196 g/mol. The molecule has 1 atom stereocenters. The normalized spacial score (nSPS) is 20.7. The lowest BCUT2D eigenvalue weighted by Gasteiger charge is -2.13. The third kappa shape index (κ3) is 3.35. The van der Waals surface area contributed by atoms with Crippen LogP contribution in [0.2, 0.25) is 0 Å². The maximum absolute atomic E-state index is 11.8. The van der Waals surface area contributed by atoms with E-state index in [0.29, 0.717) is 6.61 Å². The van der Waals surface area contributed by atoms with Gasteiger partial charge in [0, 0.05) is 0 Å². The number of unbranched alkanes of at least 4 members (excludes halogenated alkanes) is 2. The van der Waals surface area contributed by atoms with Crippen molar-refractivity contribution < 1.29 is 8.39 Å². The molecule has 0 aromatic heterocycles. The molecule has 0 heterocycles. The first-order chi connectivity index (χ1) is 6.75. The van der Waals surface area contributed by atoms with E-state index in [2.05, 4.69) is 13.8 Å². The Morgan fingerprint density at radius 1 is 1.21 bits per heavy atom. The van der Waals surface area contributed by atoms with Gasteiger partial charge in [-0.05, 0) is 25.7 Å². The summed E-state index contributed by atoms with van der Waals surface area (Å²) in [7, 11) is 0. The molecular formula is C11H22O2S. The molecule has 0 aliphatic heterocycles. The smallest absolute Gasteiger partial charge is 0.161 e. The van der Waals surface area contributed by atoms with E-state index in [1.165, 1.54) is 12.8 Å². The quantitative estimate of drug-likeness (QED) is 0.585. The van der Waals surface area contributed by atoms with Crippen LogP contribution in [0, 0.1) is 0 Å². The Kier molecular flexibility index (Phi) is 5.10. The number of hydrogen-bond donors (Lipinski definition) is 0. The van der Waals surface area contributed by atoms with Crippen LogP contribution in [0.3, 0.4) is 0 Å². The Hall–Kier alpha value is 0.110. The molecule has 0 aromatic rings. The van der Waals surface area contributed by atoms with Gasteiger partial charge < -0.3 is 0 Å². The van der Waals surface area contributed by atoms with Crippen LogP contribution in [-0.2, 0) is 15.3 Å². The van der Waals surface area contributed by atoms with Crippen LogP contribution < -0.4 is 0 Å². The minimum absolute atomic E-state index is 0.0593. The summed E-state index contributed by atoms with van der Waals surface area (Å²) in [5, 5.41) is 0. The lowest BCUT2D eigenvalue weighted by atomic mass is 10.2. The predicted molar refractivity (Wildman–Crippen MR) is 60.5 cm³/mol. The molecule has 0 amide bonds. The second kappa shape index (κ2) is 5.86. The van der Waals surface area contributed by atoms with Gasteiger partial charge in [-0.2, -0.15) is 0 Å². The van der Waals surface area contributed by atoms with Crippen LogP contribution in [0.25, 0.3) is 0 Å². The van der Waals surface area contributed by atoms with Crippen molar-refractivity contribution >= 4 is 11.1 Å². The summed E-state index contributed by atoms with van der Waals surface area (Å²) in [6.45, 7) is 4.96. The summed E-state index contributed by atoms with van der Waals surface area (Å²) in [5.41, 5.74) is 0. The van der Waals surface area contributed by atoms with Crippen molar-refractivity contribution in [3.63, 3.8) is 0 Å². The van der Waals surface area contributed by atoms with Gasteiger partial charge in [0.1, 0.15) is 0 Å². The van der Waals surface area contributed by atoms with Crippen molar-refractivity contribution in [2.75, 3.05) is 6.61 Å². The van der Waals surface area contributed by atoms with Crippen LogP contribution in [0.5, 0.6) is 0 Å². The maximum Gasteiger partial charge on any atom is 0.161 e. The van der Waals surface area contributed by atoms with E-state index in [-0.39, 0.29) is 4.75 Å². The maximum atomic E-state index is 11.8. The predicted octanol–water partition coefficient (Wildman–Crippen LogP) is 3.19. The highest BCUT2D eigenvalue weighted by Crippen LogP contribution is 2.46. The second-order valence-electron chi connectivity index (χ2n) is 4.20. The zero-order chi connectivity index (χ0) is 10.4. The minimum atomic E-state index is -1.02. The van der Waals surface area contributed by atoms with Gasteiger partial charge in [0.05, 0.1) is 11.4 Å². The third-order valence-corrected chi connectivity index (χ3v) is 4.54. The molecule has 1 rings (SSSR count). The SMILES string of the molecule is CCCCOS(=O)C1(CCCC)CC1. The van der Waals surface area contributed by atoms with Crippen molar-refractivity contribution in [3.8, 4) is 0 Å². The molecule has 1 fully saturated rings. The first-order valence-corrected chi connectivity index (χ1v) is 6.88. The Labute approximate surface area is 90.1 Å². The summed E-state index contributed by atoms with van der Waals surface area (Å²) < 4.78 is 17.2. The van der Waals surface area contributed by atoms with E-state index in [9.17, 15) is 4.21 Å². The summed E-state index contributed by atoms with van der Waals surface area (Å²) in [6, 6.07) is 0. The van der Waals surface area contributed by atoms with Crippen molar-refractivity contribution in [2.45, 2.75) is 63.5 Å². The molecule has 3 heteroatoms. The molecule has 1 unspecified atom stereocenters. The minimum Gasteiger partial charge on any atom is -0.290 e. The zero-order valence-electron chi connectivity index (χ0n) is 9.38. The van der Waals surface area contributed by atoms with Gasteiger partial charge >= 0.3 is 0 Å². The van der Waals surface area contributed by atoms with Gasteiger partial charge in [-0.25, -0.2) is 4.21 Å². The number of rotatable bonds is 8. The fourth-order valence-electron chi connectivity index (χ4n) is 1.54. The van der Waals surface area contributed by atoms with Gasteiger partial charge in [-0.15, -0.1) is 0 Å². The van der Waals surface area contributed by atoms with Crippen LogP contribution in [0.1, 0.15) is 58.8 Å². The fraction of sp³-hybridized carbons (Fsp3) is 1.00. The highest BCUT2D eigenvalue weighted by atomic mass is 32.2. The monoisotopic (exact) mass is 218 g/mol.